The molecule has 0 unspecified atom stereocenters. The van der Waals surface area contributed by atoms with Gasteiger partial charge in [-0.3, -0.25) is 4.98 Å². The lowest BCUT2D eigenvalue weighted by Gasteiger charge is -2.18. The lowest BCUT2D eigenvalue weighted by molar-refractivity contribution is 0.109. The first-order valence-corrected chi connectivity index (χ1v) is 5.13. The Morgan fingerprint density at radius 3 is 3.07 bits per heavy atom. The van der Waals surface area contributed by atoms with E-state index in [9.17, 15) is 0 Å². The molecule has 2 N–H and O–H groups in total. The van der Waals surface area contributed by atoms with Crippen LogP contribution in [0, 0.1) is 0 Å². The predicted molar refractivity (Wildman–Crippen MR) is 52.7 cm³/mol. The van der Waals surface area contributed by atoms with E-state index in [1.807, 2.05) is 6.20 Å². The molecule has 2 aliphatic rings. The van der Waals surface area contributed by atoms with Crippen LogP contribution in [0.5, 0.6) is 0 Å². The predicted octanol–water partition coefficient (Wildman–Crippen LogP) is 1.10. The minimum absolute atomic E-state index is 0.0700. The Morgan fingerprint density at radius 1 is 1.43 bits per heavy atom. The summed E-state index contributed by atoms with van der Waals surface area (Å²) in [7, 11) is 0. The van der Waals surface area contributed by atoms with Crippen LogP contribution in [-0.2, 0) is 23.3 Å². The quantitative estimate of drug-likeness (QED) is 0.721. The van der Waals surface area contributed by atoms with Crippen LogP contribution in [0.4, 0.5) is 0 Å². The van der Waals surface area contributed by atoms with Crippen LogP contribution in [0.1, 0.15) is 29.7 Å². The summed E-state index contributed by atoms with van der Waals surface area (Å²) in [6, 6.07) is 2.18. The molecule has 0 amide bonds. The summed E-state index contributed by atoms with van der Waals surface area (Å²) in [4.78, 5) is 4.47. The summed E-state index contributed by atoms with van der Waals surface area (Å²) in [5.74, 6) is 0. The maximum absolute atomic E-state index is 6.12. The van der Waals surface area contributed by atoms with E-state index in [2.05, 4.69) is 11.1 Å². The zero-order valence-electron chi connectivity index (χ0n) is 8.12. The number of nitrogens with zero attached hydrogens (tertiary/aromatic N) is 1. The average Bonchev–Trinajstić information content (AvgIpc) is 2.97. The van der Waals surface area contributed by atoms with Crippen molar-refractivity contribution in [3.05, 3.63) is 29.1 Å². The maximum atomic E-state index is 6.12. The van der Waals surface area contributed by atoms with Gasteiger partial charge in [-0.2, -0.15) is 0 Å². The summed E-state index contributed by atoms with van der Waals surface area (Å²) in [5.41, 5.74) is 9.64. The molecular formula is C11H14N2O. The summed E-state index contributed by atoms with van der Waals surface area (Å²) in [6.45, 7) is 1.50. The first kappa shape index (κ1) is 8.38. The van der Waals surface area contributed by atoms with Gasteiger partial charge in [-0.05, 0) is 30.0 Å². The molecule has 3 nitrogen and oxygen atoms in total. The molecule has 1 aliphatic carbocycles. The average molecular weight is 190 g/mol. The Kier molecular flexibility index (Phi) is 1.66. The van der Waals surface area contributed by atoms with E-state index < -0.39 is 0 Å². The fourth-order valence-corrected chi connectivity index (χ4v) is 1.94. The third-order valence-corrected chi connectivity index (χ3v) is 3.16. The van der Waals surface area contributed by atoms with Gasteiger partial charge in [-0.15, -0.1) is 0 Å². The molecular weight excluding hydrogens is 176 g/mol. The van der Waals surface area contributed by atoms with E-state index in [0.29, 0.717) is 6.61 Å². The molecule has 1 aromatic heterocycles. The molecule has 0 atom stereocenters. The van der Waals surface area contributed by atoms with Crippen molar-refractivity contribution in [2.24, 2.45) is 5.73 Å². The van der Waals surface area contributed by atoms with E-state index in [4.69, 9.17) is 10.5 Å². The lowest BCUT2D eigenvalue weighted by Crippen LogP contribution is -2.21. The van der Waals surface area contributed by atoms with Crippen molar-refractivity contribution >= 4 is 0 Å². The number of aromatic nitrogens is 1. The maximum Gasteiger partial charge on any atom is 0.0734 e. The van der Waals surface area contributed by atoms with Crippen molar-refractivity contribution in [2.45, 2.75) is 31.4 Å². The molecule has 1 aromatic rings. The van der Waals surface area contributed by atoms with E-state index in [-0.39, 0.29) is 5.54 Å². The molecule has 1 fully saturated rings. The SMILES string of the molecule is NC1(c2cnc3c(c2)COCC3)CC1. The van der Waals surface area contributed by atoms with Crippen LogP contribution in [0.3, 0.4) is 0 Å². The highest BCUT2D eigenvalue weighted by Gasteiger charge is 2.40. The zero-order chi connectivity index (χ0) is 9.60. The molecule has 0 spiro atoms. The van der Waals surface area contributed by atoms with Gasteiger partial charge in [0.25, 0.3) is 0 Å². The molecule has 1 saturated carbocycles. The first-order valence-electron chi connectivity index (χ1n) is 5.13. The van der Waals surface area contributed by atoms with Crippen LogP contribution < -0.4 is 5.73 Å². The van der Waals surface area contributed by atoms with E-state index >= 15 is 0 Å². The standard InChI is InChI=1S/C11H14N2O/c12-11(2-3-11)9-5-8-7-14-4-1-10(8)13-6-9/h5-6H,1-4,7,12H2. The van der Waals surface area contributed by atoms with Crippen molar-refractivity contribution in [1.29, 1.82) is 0 Å². The van der Waals surface area contributed by atoms with E-state index in [1.54, 1.807) is 0 Å². The number of nitrogens with two attached hydrogens (primary N) is 1. The summed E-state index contributed by atoms with van der Waals surface area (Å²) < 4.78 is 5.40. The number of ether oxygens (including phenoxy) is 1. The van der Waals surface area contributed by atoms with Crippen LogP contribution in [0.2, 0.25) is 0 Å². The third kappa shape index (κ3) is 1.24. The minimum atomic E-state index is -0.0700. The highest BCUT2D eigenvalue weighted by molar-refractivity contribution is 5.33. The Bertz CT molecular complexity index is 372. The Morgan fingerprint density at radius 2 is 2.29 bits per heavy atom. The van der Waals surface area contributed by atoms with Gasteiger partial charge >= 0.3 is 0 Å². The fraction of sp³-hybridized carbons (Fsp3) is 0.545. The van der Waals surface area contributed by atoms with Gasteiger partial charge in [0.15, 0.2) is 0 Å². The molecule has 14 heavy (non-hydrogen) atoms. The third-order valence-electron chi connectivity index (χ3n) is 3.16. The number of hydrogen-bond donors (Lipinski definition) is 1. The van der Waals surface area contributed by atoms with E-state index in [0.717, 1.165) is 25.9 Å². The topological polar surface area (TPSA) is 48.1 Å². The van der Waals surface area contributed by atoms with Gasteiger partial charge in [-0.1, -0.05) is 0 Å². The minimum Gasteiger partial charge on any atom is -0.376 e. The van der Waals surface area contributed by atoms with Crippen LogP contribution >= 0.6 is 0 Å². The molecule has 0 saturated heterocycles. The summed E-state index contributed by atoms with van der Waals surface area (Å²) in [6.07, 6.45) is 5.06. The Hall–Kier alpha value is -0.930. The van der Waals surface area contributed by atoms with Gasteiger partial charge in [-0.25, -0.2) is 0 Å². The second-order valence-electron chi connectivity index (χ2n) is 4.29. The van der Waals surface area contributed by atoms with Gasteiger partial charge in [0.05, 0.1) is 13.2 Å². The summed E-state index contributed by atoms with van der Waals surface area (Å²) in [5, 5.41) is 0. The monoisotopic (exact) mass is 190 g/mol. The molecule has 3 rings (SSSR count). The normalized spacial score (nSPS) is 22.9. The number of fused-ring (bicyclic) bond motifs is 1. The molecule has 0 radical (unpaired) electrons. The smallest absolute Gasteiger partial charge is 0.0734 e. The molecule has 3 heteroatoms. The highest BCUT2D eigenvalue weighted by atomic mass is 16.5. The molecule has 0 bridgehead atoms. The van der Waals surface area contributed by atoms with Crippen molar-refractivity contribution in [3.63, 3.8) is 0 Å². The van der Waals surface area contributed by atoms with Crippen LogP contribution in [-0.4, -0.2) is 11.6 Å². The fourth-order valence-electron chi connectivity index (χ4n) is 1.94. The Labute approximate surface area is 83.3 Å². The molecule has 1 aliphatic heterocycles. The molecule has 2 heterocycles. The van der Waals surface area contributed by atoms with Crippen LogP contribution in [0.15, 0.2) is 12.3 Å². The van der Waals surface area contributed by atoms with Crippen molar-refractivity contribution in [2.75, 3.05) is 6.61 Å². The molecule has 74 valence electrons. The van der Waals surface area contributed by atoms with Gasteiger partial charge in [0.1, 0.15) is 0 Å². The largest absolute Gasteiger partial charge is 0.376 e. The van der Waals surface area contributed by atoms with Crippen molar-refractivity contribution in [1.82, 2.24) is 4.98 Å². The number of hydrogen-bond acceptors (Lipinski definition) is 3. The van der Waals surface area contributed by atoms with Crippen molar-refractivity contribution < 1.29 is 4.74 Å². The number of pyridine rings is 1. The van der Waals surface area contributed by atoms with Crippen molar-refractivity contribution in [3.8, 4) is 0 Å². The first-order chi connectivity index (χ1) is 6.78. The number of rotatable bonds is 1. The Balaban J connectivity index is 2.01. The zero-order valence-corrected chi connectivity index (χ0v) is 8.12. The van der Waals surface area contributed by atoms with Gasteiger partial charge in [0, 0.05) is 23.9 Å². The lowest BCUT2D eigenvalue weighted by atomic mass is 10.0. The summed E-state index contributed by atoms with van der Waals surface area (Å²) >= 11 is 0. The second-order valence-corrected chi connectivity index (χ2v) is 4.29. The van der Waals surface area contributed by atoms with Gasteiger partial charge < -0.3 is 10.5 Å². The highest BCUT2D eigenvalue weighted by Crippen LogP contribution is 2.42. The van der Waals surface area contributed by atoms with Gasteiger partial charge in [0.2, 0.25) is 0 Å². The van der Waals surface area contributed by atoms with E-state index in [1.165, 1.54) is 16.8 Å². The van der Waals surface area contributed by atoms with Crippen LogP contribution in [0.25, 0.3) is 0 Å². The second kappa shape index (κ2) is 2.78. The molecule has 0 aromatic carbocycles.